The number of carbonyl (C=O) groups is 2. The van der Waals surface area contributed by atoms with Crippen molar-refractivity contribution in [3.05, 3.63) is 71.3 Å². The number of aromatic carboxylic acids is 1. The summed E-state index contributed by atoms with van der Waals surface area (Å²) in [7, 11) is 0. The molecule has 0 aliphatic heterocycles. The van der Waals surface area contributed by atoms with Gasteiger partial charge in [-0.05, 0) is 49.9 Å². The molecule has 0 atom stereocenters. The van der Waals surface area contributed by atoms with Crippen LogP contribution < -0.4 is 0 Å². The van der Waals surface area contributed by atoms with E-state index >= 15 is 0 Å². The molecule has 0 aromatic heterocycles. The van der Waals surface area contributed by atoms with Gasteiger partial charge in [-0.25, -0.2) is 4.79 Å². The first-order valence-corrected chi connectivity index (χ1v) is 8.42. The number of aryl methyl sites for hydroxylation is 1. The van der Waals surface area contributed by atoms with Gasteiger partial charge in [-0.1, -0.05) is 42.5 Å². The molecule has 0 heterocycles. The number of hydrogen-bond acceptors (Lipinski definition) is 3. The Balaban J connectivity index is 1.79. The van der Waals surface area contributed by atoms with E-state index in [0.29, 0.717) is 19.4 Å². The molecular weight excluding hydrogens is 316 g/mol. The topological polar surface area (TPSA) is 63.6 Å². The summed E-state index contributed by atoms with van der Waals surface area (Å²) in [5.41, 5.74) is 1.53. The van der Waals surface area contributed by atoms with Crippen LogP contribution in [0.2, 0.25) is 0 Å². The minimum absolute atomic E-state index is 0.0746. The van der Waals surface area contributed by atoms with Crippen LogP contribution in [0.1, 0.15) is 48.2 Å². The van der Waals surface area contributed by atoms with Crippen molar-refractivity contribution in [2.45, 2.75) is 45.3 Å². The van der Waals surface area contributed by atoms with E-state index in [4.69, 9.17) is 9.84 Å². The average molecular weight is 340 g/mol. The Kier molecular flexibility index (Phi) is 6.48. The van der Waals surface area contributed by atoms with E-state index in [2.05, 4.69) is 0 Å². The van der Waals surface area contributed by atoms with Gasteiger partial charge in [0.15, 0.2) is 5.78 Å². The number of rotatable bonds is 9. The summed E-state index contributed by atoms with van der Waals surface area (Å²) in [6, 6.07) is 16.6. The van der Waals surface area contributed by atoms with Gasteiger partial charge in [-0.2, -0.15) is 0 Å². The largest absolute Gasteiger partial charge is 0.478 e. The normalized spacial score (nSPS) is 11.3. The van der Waals surface area contributed by atoms with Gasteiger partial charge in [0.25, 0.3) is 0 Å². The molecule has 132 valence electrons. The molecule has 25 heavy (non-hydrogen) atoms. The van der Waals surface area contributed by atoms with Crippen LogP contribution in [-0.4, -0.2) is 22.5 Å². The fraction of sp³-hybridized carbons (Fsp3) is 0.333. The second-order valence-electron chi connectivity index (χ2n) is 6.56. The minimum Gasteiger partial charge on any atom is -0.478 e. The van der Waals surface area contributed by atoms with Gasteiger partial charge < -0.3 is 9.84 Å². The number of carboxylic acids is 1. The summed E-state index contributed by atoms with van der Waals surface area (Å²) in [5, 5.41) is 8.89. The molecule has 2 aromatic rings. The first-order chi connectivity index (χ1) is 11.9. The van der Waals surface area contributed by atoms with Crippen LogP contribution in [-0.2, 0) is 22.6 Å². The Morgan fingerprint density at radius 1 is 0.960 bits per heavy atom. The van der Waals surface area contributed by atoms with E-state index in [9.17, 15) is 9.59 Å². The predicted molar refractivity (Wildman–Crippen MR) is 96.7 cm³/mol. The number of ether oxygens (including phenoxy) is 1. The zero-order chi connectivity index (χ0) is 18.3. The number of carboxylic acid groups (broad SMARTS) is 1. The lowest BCUT2D eigenvalue weighted by Gasteiger charge is -2.24. The van der Waals surface area contributed by atoms with Crippen LogP contribution in [0, 0.1) is 0 Å². The van der Waals surface area contributed by atoms with Crippen molar-refractivity contribution in [2.24, 2.45) is 0 Å². The molecule has 0 spiro atoms. The molecule has 0 aliphatic carbocycles. The Morgan fingerprint density at radius 2 is 1.60 bits per heavy atom. The molecule has 0 amide bonds. The van der Waals surface area contributed by atoms with Gasteiger partial charge in [0.05, 0.1) is 12.2 Å². The number of benzene rings is 2. The molecule has 2 aromatic carbocycles. The second-order valence-corrected chi connectivity index (χ2v) is 6.56. The lowest BCUT2D eigenvalue weighted by Crippen LogP contribution is -2.34. The van der Waals surface area contributed by atoms with Crippen LogP contribution in [0.4, 0.5) is 0 Å². The van der Waals surface area contributed by atoms with Gasteiger partial charge in [0.2, 0.25) is 0 Å². The highest BCUT2D eigenvalue weighted by Gasteiger charge is 2.27. The van der Waals surface area contributed by atoms with Crippen LogP contribution in [0.5, 0.6) is 0 Å². The van der Waals surface area contributed by atoms with E-state index in [1.54, 1.807) is 38.1 Å². The average Bonchev–Trinajstić information content (AvgIpc) is 2.61. The number of Topliss-reactive ketones (excluding diaryl/α,β-unsaturated/α-hetero) is 1. The zero-order valence-electron chi connectivity index (χ0n) is 14.7. The van der Waals surface area contributed by atoms with Gasteiger partial charge in [0.1, 0.15) is 5.60 Å². The van der Waals surface area contributed by atoms with Crippen molar-refractivity contribution in [3.63, 3.8) is 0 Å². The molecule has 1 N–H and O–H groups in total. The number of hydrogen-bond donors (Lipinski definition) is 1. The summed E-state index contributed by atoms with van der Waals surface area (Å²) in [5.74, 6) is -0.857. The Morgan fingerprint density at radius 3 is 2.20 bits per heavy atom. The molecule has 4 nitrogen and oxygen atoms in total. The van der Waals surface area contributed by atoms with Crippen LogP contribution in [0.25, 0.3) is 0 Å². The van der Waals surface area contributed by atoms with E-state index < -0.39 is 11.6 Å². The Hall–Kier alpha value is -2.46. The van der Waals surface area contributed by atoms with Crippen molar-refractivity contribution >= 4 is 11.8 Å². The first-order valence-electron chi connectivity index (χ1n) is 8.42. The van der Waals surface area contributed by atoms with Crippen LogP contribution in [0.3, 0.4) is 0 Å². The lowest BCUT2D eigenvalue weighted by molar-refractivity contribution is -0.142. The van der Waals surface area contributed by atoms with Gasteiger partial charge in [0, 0.05) is 6.42 Å². The zero-order valence-corrected chi connectivity index (χ0v) is 14.7. The molecule has 4 heteroatoms. The standard InChI is InChI=1S/C21H24O4/c1-21(2,25-15-17-7-4-3-5-8-17)19(22)10-6-9-16-11-13-18(14-12-16)20(23)24/h3-5,7-8,11-14H,6,9-10,15H2,1-2H3,(H,23,24). The van der Waals surface area contributed by atoms with Crippen molar-refractivity contribution < 1.29 is 19.4 Å². The highest BCUT2D eigenvalue weighted by molar-refractivity contribution is 5.87. The fourth-order valence-electron chi connectivity index (χ4n) is 2.49. The maximum atomic E-state index is 12.4. The quantitative estimate of drug-likeness (QED) is 0.740. The van der Waals surface area contributed by atoms with Crippen molar-refractivity contribution in [1.82, 2.24) is 0 Å². The van der Waals surface area contributed by atoms with E-state index in [-0.39, 0.29) is 11.3 Å². The molecule has 2 rings (SSSR count). The fourth-order valence-corrected chi connectivity index (χ4v) is 2.49. The highest BCUT2D eigenvalue weighted by atomic mass is 16.5. The van der Waals surface area contributed by atoms with Crippen LogP contribution in [0.15, 0.2) is 54.6 Å². The van der Waals surface area contributed by atoms with Crippen molar-refractivity contribution in [3.8, 4) is 0 Å². The molecule has 0 saturated heterocycles. The second kappa shape index (κ2) is 8.58. The van der Waals surface area contributed by atoms with Crippen molar-refractivity contribution in [1.29, 1.82) is 0 Å². The number of carbonyl (C=O) groups excluding carboxylic acids is 1. The minimum atomic E-state index is -0.931. The maximum Gasteiger partial charge on any atom is 0.335 e. The van der Waals surface area contributed by atoms with Gasteiger partial charge >= 0.3 is 5.97 Å². The predicted octanol–water partition coefficient (Wildman–Crippen LogP) is 4.27. The Bertz CT molecular complexity index is 702. The van der Waals surface area contributed by atoms with Crippen molar-refractivity contribution in [2.75, 3.05) is 0 Å². The molecule has 0 saturated carbocycles. The third-order valence-corrected chi connectivity index (χ3v) is 4.18. The summed E-state index contributed by atoms with van der Waals surface area (Å²) >= 11 is 0. The molecule has 0 radical (unpaired) electrons. The SMILES string of the molecule is CC(C)(OCc1ccccc1)C(=O)CCCc1ccc(C(=O)O)cc1. The maximum absolute atomic E-state index is 12.4. The van der Waals surface area contributed by atoms with Gasteiger partial charge in [-0.15, -0.1) is 0 Å². The molecular formula is C21H24O4. The Labute approximate surface area is 148 Å². The monoisotopic (exact) mass is 340 g/mol. The first kappa shape index (κ1) is 18.9. The van der Waals surface area contributed by atoms with E-state index in [0.717, 1.165) is 17.5 Å². The third-order valence-electron chi connectivity index (χ3n) is 4.18. The van der Waals surface area contributed by atoms with E-state index in [1.807, 2.05) is 30.3 Å². The molecule has 0 fully saturated rings. The van der Waals surface area contributed by atoms with Gasteiger partial charge in [-0.3, -0.25) is 4.79 Å². The van der Waals surface area contributed by atoms with E-state index in [1.165, 1.54) is 0 Å². The smallest absolute Gasteiger partial charge is 0.335 e. The summed E-state index contributed by atoms with van der Waals surface area (Å²) in [4.78, 5) is 23.2. The highest BCUT2D eigenvalue weighted by Crippen LogP contribution is 2.18. The third kappa shape index (κ3) is 5.84. The summed E-state index contributed by atoms with van der Waals surface area (Å²) < 4.78 is 5.81. The number of ketones is 1. The molecule has 0 bridgehead atoms. The summed E-state index contributed by atoms with van der Waals surface area (Å²) in [6.45, 7) is 4.02. The van der Waals surface area contributed by atoms with Crippen LogP contribution >= 0.6 is 0 Å². The lowest BCUT2D eigenvalue weighted by atomic mass is 9.96. The molecule has 0 unspecified atom stereocenters. The molecule has 0 aliphatic rings. The summed E-state index contributed by atoms with van der Waals surface area (Å²) in [6.07, 6.45) is 1.88.